The summed E-state index contributed by atoms with van der Waals surface area (Å²) < 4.78 is 12.4. The Morgan fingerprint density at radius 2 is 1.96 bits per heavy atom. The van der Waals surface area contributed by atoms with Crippen LogP contribution in [0.2, 0.25) is 0 Å². The number of anilines is 1. The summed E-state index contributed by atoms with van der Waals surface area (Å²) in [6, 6.07) is 11.0. The highest BCUT2D eigenvalue weighted by Crippen LogP contribution is 2.29. The van der Waals surface area contributed by atoms with Crippen LogP contribution in [0.25, 0.3) is 10.2 Å². The smallest absolute Gasteiger partial charge is 0.255 e. The van der Waals surface area contributed by atoms with Crippen molar-refractivity contribution in [2.45, 2.75) is 27.2 Å². The molecule has 0 atom stereocenters. The molecule has 0 aliphatic heterocycles. The molecule has 0 unspecified atom stereocenters. The molecule has 26 heavy (non-hydrogen) atoms. The summed E-state index contributed by atoms with van der Waals surface area (Å²) >= 11 is 1.61. The van der Waals surface area contributed by atoms with Gasteiger partial charge in [-0.05, 0) is 56.7 Å². The molecule has 136 valence electrons. The van der Waals surface area contributed by atoms with Crippen molar-refractivity contribution >= 4 is 33.1 Å². The van der Waals surface area contributed by atoms with E-state index in [0.29, 0.717) is 30.3 Å². The maximum atomic E-state index is 12.6. The lowest BCUT2D eigenvalue weighted by molar-refractivity contribution is 0.102. The second-order valence-corrected chi connectivity index (χ2v) is 7.05. The van der Waals surface area contributed by atoms with Crippen molar-refractivity contribution in [1.82, 2.24) is 4.98 Å². The van der Waals surface area contributed by atoms with Crippen molar-refractivity contribution in [3.05, 3.63) is 47.0 Å². The zero-order chi connectivity index (χ0) is 18.5. The first-order valence-corrected chi connectivity index (χ1v) is 9.50. The minimum Gasteiger partial charge on any atom is -0.490 e. The van der Waals surface area contributed by atoms with Crippen LogP contribution in [-0.4, -0.2) is 24.1 Å². The van der Waals surface area contributed by atoms with Gasteiger partial charge in [-0.1, -0.05) is 6.92 Å². The Labute approximate surface area is 157 Å². The average molecular weight is 370 g/mol. The summed E-state index contributed by atoms with van der Waals surface area (Å²) in [5.41, 5.74) is 2.22. The van der Waals surface area contributed by atoms with Crippen LogP contribution in [0.4, 0.5) is 5.69 Å². The van der Waals surface area contributed by atoms with Crippen LogP contribution < -0.4 is 14.8 Å². The van der Waals surface area contributed by atoms with Gasteiger partial charge in [-0.2, -0.15) is 0 Å². The Morgan fingerprint density at radius 3 is 2.73 bits per heavy atom. The SMILES string of the molecule is CCCOc1ccc(C(=O)Nc2ccc3nc(C)sc3c2)cc1OCC. The van der Waals surface area contributed by atoms with E-state index in [9.17, 15) is 4.79 Å². The fourth-order valence-corrected chi connectivity index (χ4v) is 3.44. The first-order chi connectivity index (χ1) is 12.6. The predicted octanol–water partition coefficient (Wildman–Crippen LogP) is 5.04. The highest BCUT2D eigenvalue weighted by atomic mass is 32.1. The lowest BCUT2D eigenvalue weighted by Gasteiger charge is -2.13. The zero-order valence-corrected chi connectivity index (χ0v) is 16.0. The first kappa shape index (κ1) is 18.2. The van der Waals surface area contributed by atoms with Gasteiger partial charge in [0.15, 0.2) is 11.5 Å². The molecule has 1 heterocycles. The number of aromatic nitrogens is 1. The van der Waals surface area contributed by atoms with E-state index in [1.54, 1.807) is 29.5 Å². The van der Waals surface area contributed by atoms with Crippen molar-refractivity contribution in [1.29, 1.82) is 0 Å². The molecule has 0 aliphatic carbocycles. The number of amides is 1. The summed E-state index contributed by atoms with van der Waals surface area (Å²) in [7, 11) is 0. The molecule has 1 aromatic heterocycles. The van der Waals surface area contributed by atoms with E-state index in [4.69, 9.17) is 9.47 Å². The molecule has 0 fully saturated rings. The number of aryl methyl sites for hydroxylation is 1. The van der Waals surface area contributed by atoms with Gasteiger partial charge in [-0.3, -0.25) is 4.79 Å². The maximum Gasteiger partial charge on any atom is 0.255 e. The van der Waals surface area contributed by atoms with Gasteiger partial charge in [0.05, 0.1) is 28.4 Å². The van der Waals surface area contributed by atoms with E-state index in [1.165, 1.54) is 0 Å². The molecule has 0 spiro atoms. The summed E-state index contributed by atoms with van der Waals surface area (Å²) in [5.74, 6) is 1.06. The normalized spacial score (nSPS) is 10.7. The minimum atomic E-state index is -0.186. The fraction of sp³-hybridized carbons (Fsp3) is 0.300. The van der Waals surface area contributed by atoms with Gasteiger partial charge < -0.3 is 14.8 Å². The zero-order valence-electron chi connectivity index (χ0n) is 15.2. The summed E-state index contributed by atoms with van der Waals surface area (Å²) in [4.78, 5) is 17.1. The van der Waals surface area contributed by atoms with Gasteiger partial charge in [0.1, 0.15) is 0 Å². The summed E-state index contributed by atoms with van der Waals surface area (Å²) in [6.07, 6.45) is 0.910. The third-order valence-electron chi connectivity index (χ3n) is 3.72. The molecule has 0 radical (unpaired) electrons. The topological polar surface area (TPSA) is 60.5 Å². The number of benzene rings is 2. The molecule has 1 N–H and O–H groups in total. The molecule has 0 saturated carbocycles. The van der Waals surface area contributed by atoms with E-state index < -0.39 is 0 Å². The van der Waals surface area contributed by atoms with E-state index in [2.05, 4.69) is 10.3 Å². The number of carbonyl (C=O) groups excluding carboxylic acids is 1. The van der Waals surface area contributed by atoms with Crippen LogP contribution in [-0.2, 0) is 0 Å². The Kier molecular flexibility index (Phi) is 5.73. The summed E-state index contributed by atoms with van der Waals surface area (Å²) in [6.45, 7) is 7.04. The van der Waals surface area contributed by atoms with Crippen molar-refractivity contribution in [3.8, 4) is 11.5 Å². The Bertz CT molecular complexity index is 921. The van der Waals surface area contributed by atoms with Crippen molar-refractivity contribution < 1.29 is 14.3 Å². The molecule has 3 rings (SSSR count). The predicted molar refractivity (Wildman–Crippen MR) is 106 cm³/mol. The number of nitrogens with zero attached hydrogens (tertiary/aromatic N) is 1. The van der Waals surface area contributed by atoms with Crippen LogP contribution >= 0.6 is 11.3 Å². The number of fused-ring (bicyclic) bond motifs is 1. The van der Waals surface area contributed by atoms with Crippen LogP contribution in [0.5, 0.6) is 11.5 Å². The molecular weight excluding hydrogens is 348 g/mol. The van der Waals surface area contributed by atoms with E-state index >= 15 is 0 Å². The average Bonchev–Trinajstić information content (AvgIpc) is 3.00. The monoisotopic (exact) mass is 370 g/mol. The van der Waals surface area contributed by atoms with Crippen LogP contribution in [0.15, 0.2) is 36.4 Å². The number of thiazole rings is 1. The van der Waals surface area contributed by atoms with Gasteiger partial charge in [-0.15, -0.1) is 11.3 Å². The molecule has 3 aromatic rings. The number of nitrogens with one attached hydrogen (secondary N) is 1. The Balaban J connectivity index is 1.80. The number of ether oxygens (including phenoxy) is 2. The second kappa shape index (κ2) is 8.19. The fourth-order valence-electron chi connectivity index (χ4n) is 2.57. The lowest BCUT2D eigenvalue weighted by Crippen LogP contribution is -2.12. The first-order valence-electron chi connectivity index (χ1n) is 8.69. The van der Waals surface area contributed by atoms with Crippen LogP contribution in [0.3, 0.4) is 0 Å². The summed E-state index contributed by atoms with van der Waals surface area (Å²) in [5, 5.41) is 3.94. The van der Waals surface area contributed by atoms with Gasteiger partial charge >= 0.3 is 0 Å². The third-order valence-corrected chi connectivity index (χ3v) is 4.65. The van der Waals surface area contributed by atoms with E-state index in [1.807, 2.05) is 39.0 Å². The molecule has 0 saturated heterocycles. The third kappa shape index (κ3) is 4.14. The molecule has 2 aromatic carbocycles. The van der Waals surface area contributed by atoms with Gasteiger partial charge in [0.25, 0.3) is 5.91 Å². The molecule has 0 bridgehead atoms. The van der Waals surface area contributed by atoms with Crippen molar-refractivity contribution in [2.75, 3.05) is 18.5 Å². The number of hydrogen-bond acceptors (Lipinski definition) is 5. The highest BCUT2D eigenvalue weighted by molar-refractivity contribution is 7.18. The second-order valence-electron chi connectivity index (χ2n) is 5.81. The van der Waals surface area contributed by atoms with E-state index in [0.717, 1.165) is 27.3 Å². The molecule has 6 heteroatoms. The van der Waals surface area contributed by atoms with Crippen LogP contribution in [0, 0.1) is 6.92 Å². The van der Waals surface area contributed by atoms with Crippen LogP contribution in [0.1, 0.15) is 35.6 Å². The molecule has 1 amide bonds. The standard InChI is InChI=1S/C20H22N2O3S/c1-4-10-25-17-9-6-14(11-18(17)24-5-2)20(23)22-15-7-8-16-19(12-15)26-13(3)21-16/h6-9,11-12H,4-5,10H2,1-3H3,(H,22,23). The Hall–Kier alpha value is -2.60. The largest absolute Gasteiger partial charge is 0.490 e. The number of carbonyl (C=O) groups is 1. The van der Waals surface area contributed by atoms with Gasteiger partial charge in [0.2, 0.25) is 0 Å². The lowest BCUT2D eigenvalue weighted by atomic mass is 10.1. The maximum absolute atomic E-state index is 12.6. The molecular formula is C20H22N2O3S. The van der Waals surface area contributed by atoms with Gasteiger partial charge in [-0.25, -0.2) is 4.98 Å². The molecule has 5 nitrogen and oxygen atoms in total. The number of rotatable bonds is 7. The highest BCUT2D eigenvalue weighted by Gasteiger charge is 2.12. The quantitative estimate of drug-likeness (QED) is 0.632. The molecule has 0 aliphatic rings. The van der Waals surface area contributed by atoms with Gasteiger partial charge in [0, 0.05) is 11.3 Å². The van der Waals surface area contributed by atoms with E-state index in [-0.39, 0.29) is 5.91 Å². The van der Waals surface area contributed by atoms with Crippen molar-refractivity contribution in [2.24, 2.45) is 0 Å². The Morgan fingerprint density at radius 1 is 1.12 bits per heavy atom. The van der Waals surface area contributed by atoms with Crippen molar-refractivity contribution in [3.63, 3.8) is 0 Å². The minimum absolute atomic E-state index is 0.186. The number of hydrogen-bond donors (Lipinski definition) is 1.